The average molecular weight is 280 g/mol. The van der Waals surface area contributed by atoms with Gasteiger partial charge in [0.15, 0.2) is 0 Å². The number of benzene rings is 1. The van der Waals surface area contributed by atoms with Crippen molar-refractivity contribution >= 4 is 29.3 Å². The Bertz CT molecular complexity index is 560. The Morgan fingerprint density at radius 1 is 1.33 bits per heavy atom. The van der Waals surface area contributed by atoms with E-state index in [-0.39, 0.29) is 11.7 Å². The first-order valence-corrected chi connectivity index (χ1v) is 6.50. The highest BCUT2D eigenvalue weighted by molar-refractivity contribution is 8.00. The average Bonchev–Trinajstić information content (AvgIpc) is 2.38. The Morgan fingerprint density at radius 3 is 2.72 bits per heavy atom. The van der Waals surface area contributed by atoms with Crippen LogP contribution in [0, 0.1) is 0 Å². The number of nitrogens with zero attached hydrogens (tertiary/aromatic N) is 2. The third-order valence-electron chi connectivity index (χ3n) is 2.18. The van der Waals surface area contributed by atoms with Gasteiger partial charge in [-0.1, -0.05) is 35.5 Å². The molecule has 1 aromatic carbocycles. The van der Waals surface area contributed by atoms with Crippen molar-refractivity contribution in [2.75, 3.05) is 5.75 Å². The van der Waals surface area contributed by atoms with Gasteiger partial charge in [-0.05, 0) is 17.7 Å². The van der Waals surface area contributed by atoms with Crippen LogP contribution in [0.5, 0.6) is 0 Å². The van der Waals surface area contributed by atoms with Gasteiger partial charge in [0.05, 0.1) is 5.75 Å². The van der Waals surface area contributed by atoms with Crippen molar-refractivity contribution in [3.05, 3.63) is 41.8 Å². The van der Waals surface area contributed by atoms with Crippen LogP contribution < -0.4 is 5.73 Å². The SMILES string of the molecule is NC(=O)CSc1ncncc1-c1ccc(Cl)cc1. The topological polar surface area (TPSA) is 68.9 Å². The fourth-order valence-electron chi connectivity index (χ4n) is 1.40. The molecule has 0 saturated heterocycles. The number of carbonyl (C=O) groups excluding carboxylic acids is 1. The lowest BCUT2D eigenvalue weighted by Gasteiger charge is -2.06. The van der Waals surface area contributed by atoms with Crippen LogP contribution in [0.2, 0.25) is 5.02 Å². The van der Waals surface area contributed by atoms with E-state index in [4.69, 9.17) is 17.3 Å². The first-order chi connectivity index (χ1) is 8.66. The Labute approximate surface area is 114 Å². The van der Waals surface area contributed by atoms with Gasteiger partial charge in [-0.2, -0.15) is 0 Å². The van der Waals surface area contributed by atoms with Gasteiger partial charge in [0.25, 0.3) is 0 Å². The van der Waals surface area contributed by atoms with Crippen LogP contribution in [0.25, 0.3) is 11.1 Å². The number of thioether (sulfide) groups is 1. The van der Waals surface area contributed by atoms with Crippen LogP contribution in [0.15, 0.2) is 41.8 Å². The number of halogens is 1. The number of primary amides is 1. The van der Waals surface area contributed by atoms with E-state index in [9.17, 15) is 4.79 Å². The highest BCUT2D eigenvalue weighted by atomic mass is 35.5. The van der Waals surface area contributed by atoms with Gasteiger partial charge in [-0.3, -0.25) is 4.79 Å². The molecule has 0 aliphatic heterocycles. The molecular formula is C12H10ClN3OS. The van der Waals surface area contributed by atoms with E-state index in [1.807, 2.05) is 12.1 Å². The van der Waals surface area contributed by atoms with E-state index in [0.717, 1.165) is 16.2 Å². The van der Waals surface area contributed by atoms with Crippen LogP contribution in [-0.4, -0.2) is 21.6 Å². The van der Waals surface area contributed by atoms with Crippen molar-refractivity contribution in [2.24, 2.45) is 5.73 Å². The smallest absolute Gasteiger partial charge is 0.227 e. The monoisotopic (exact) mass is 279 g/mol. The minimum absolute atomic E-state index is 0.192. The summed E-state index contributed by atoms with van der Waals surface area (Å²) in [5.41, 5.74) is 6.94. The zero-order chi connectivity index (χ0) is 13.0. The number of hydrogen-bond donors (Lipinski definition) is 1. The summed E-state index contributed by atoms with van der Waals surface area (Å²) in [4.78, 5) is 19.0. The third-order valence-corrected chi connectivity index (χ3v) is 3.46. The molecule has 0 fully saturated rings. The van der Waals surface area contributed by atoms with Crippen LogP contribution >= 0.6 is 23.4 Å². The summed E-state index contributed by atoms with van der Waals surface area (Å²) in [5.74, 6) is -0.182. The predicted molar refractivity (Wildman–Crippen MR) is 72.4 cm³/mol. The fourth-order valence-corrected chi connectivity index (χ4v) is 2.25. The molecule has 0 aliphatic rings. The second-order valence-electron chi connectivity index (χ2n) is 3.50. The van der Waals surface area contributed by atoms with Crippen molar-refractivity contribution in [1.82, 2.24) is 9.97 Å². The molecule has 0 bridgehead atoms. The van der Waals surface area contributed by atoms with Crippen LogP contribution in [0.3, 0.4) is 0 Å². The Balaban J connectivity index is 2.32. The second-order valence-corrected chi connectivity index (χ2v) is 4.90. The maximum atomic E-state index is 10.8. The zero-order valence-electron chi connectivity index (χ0n) is 9.34. The Hall–Kier alpha value is -1.59. The molecule has 0 unspecified atom stereocenters. The summed E-state index contributed by atoms with van der Waals surface area (Å²) in [7, 11) is 0. The number of carbonyl (C=O) groups is 1. The maximum Gasteiger partial charge on any atom is 0.227 e. The number of rotatable bonds is 4. The minimum atomic E-state index is -0.374. The number of nitrogens with two attached hydrogens (primary N) is 1. The molecule has 1 heterocycles. The normalized spacial score (nSPS) is 10.3. The van der Waals surface area contributed by atoms with Crippen LogP contribution in [0.4, 0.5) is 0 Å². The van der Waals surface area contributed by atoms with Gasteiger partial charge in [0, 0.05) is 16.8 Å². The molecule has 1 aromatic heterocycles. The van der Waals surface area contributed by atoms with Gasteiger partial charge in [0.2, 0.25) is 5.91 Å². The number of aromatic nitrogens is 2. The van der Waals surface area contributed by atoms with E-state index in [1.54, 1.807) is 18.3 Å². The number of hydrogen-bond acceptors (Lipinski definition) is 4. The lowest BCUT2D eigenvalue weighted by atomic mass is 10.1. The summed E-state index contributed by atoms with van der Waals surface area (Å²) < 4.78 is 0. The van der Waals surface area contributed by atoms with E-state index in [1.165, 1.54) is 18.1 Å². The van der Waals surface area contributed by atoms with Crippen molar-refractivity contribution in [2.45, 2.75) is 5.03 Å². The lowest BCUT2D eigenvalue weighted by molar-refractivity contribution is -0.115. The zero-order valence-corrected chi connectivity index (χ0v) is 10.9. The van der Waals surface area contributed by atoms with Gasteiger partial charge in [-0.15, -0.1) is 0 Å². The standard InChI is InChI=1S/C12H10ClN3OS/c13-9-3-1-8(2-4-9)10-5-15-7-16-12(10)18-6-11(14)17/h1-5,7H,6H2,(H2,14,17). The highest BCUT2D eigenvalue weighted by Crippen LogP contribution is 2.29. The van der Waals surface area contributed by atoms with Gasteiger partial charge >= 0.3 is 0 Å². The van der Waals surface area contributed by atoms with Crippen LogP contribution in [0.1, 0.15) is 0 Å². The molecule has 0 radical (unpaired) electrons. The first-order valence-electron chi connectivity index (χ1n) is 5.14. The van der Waals surface area contributed by atoms with Crippen molar-refractivity contribution < 1.29 is 4.79 Å². The van der Waals surface area contributed by atoms with E-state index in [2.05, 4.69) is 9.97 Å². The Morgan fingerprint density at radius 2 is 2.06 bits per heavy atom. The first kappa shape index (κ1) is 12.9. The molecule has 0 saturated carbocycles. The molecule has 18 heavy (non-hydrogen) atoms. The maximum absolute atomic E-state index is 10.8. The molecule has 6 heteroatoms. The summed E-state index contributed by atoms with van der Waals surface area (Å²) >= 11 is 7.14. The van der Waals surface area contributed by atoms with E-state index in [0.29, 0.717) is 5.02 Å². The third kappa shape index (κ3) is 3.21. The predicted octanol–water partition coefficient (Wildman–Crippen LogP) is 2.37. The molecule has 92 valence electrons. The van der Waals surface area contributed by atoms with Crippen LogP contribution in [-0.2, 0) is 4.79 Å². The van der Waals surface area contributed by atoms with Gasteiger partial charge < -0.3 is 5.73 Å². The van der Waals surface area contributed by atoms with Crippen molar-refractivity contribution in [3.8, 4) is 11.1 Å². The van der Waals surface area contributed by atoms with Gasteiger partial charge in [0.1, 0.15) is 11.4 Å². The molecule has 2 rings (SSSR count). The van der Waals surface area contributed by atoms with E-state index < -0.39 is 0 Å². The second kappa shape index (κ2) is 5.84. The summed E-state index contributed by atoms with van der Waals surface area (Å²) in [5, 5.41) is 1.40. The molecule has 1 amide bonds. The largest absolute Gasteiger partial charge is 0.369 e. The summed E-state index contributed by atoms with van der Waals surface area (Å²) in [6, 6.07) is 7.36. The molecule has 0 atom stereocenters. The van der Waals surface area contributed by atoms with Crippen molar-refractivity contribution in [1.29, 1.82) is 0 Å². The minimum Gasteiger partial charge on any atom is -0.369 e. The molecule has 4 nitrogen and oxygen atoms in total. The van der Waals surface area contributed by atoms with Gasteiger partial charge in [-0.25, -0.2) is 9.97 Å². The van der Waals surface area contributed by atoms with E-state index >= 15 is 0 Å². The number of amides is 1. The Kier molecular flexibility index (Phi) is 4.17. The fraction of sp³-hybridized carbons (Fsp3) is 0.0833. The molecule has 2 aromatic rings. The highest BCUT2D eigenvalue weighted by Gasteiger charge is 2.08. The molecule has 2 N–H and O–H groups in total. The molecular weight excluding hydrogens is 270 g/mol. The summed E-state index contributed by atoms with van der Waals surface area (Å²) in [6.45, 7) is 0. The quantitative estimate of drug-likeness (QED) is 0.689. The molecule has 0 aliphatic carbocycles. The van der Waals surface area contributed by atoms with Crippen molar-refractivity contribution in [3.63, 3.8) is 0 Å². The summed E-state index contributed by atoms with van der Waals surface area (Å²) in [6.07, 6.45) is 3.16. The lowest BCUT2D eigenvalue weighted by Crippen LogP contribution is -2.13. The molecule has 0 spiro atoms.